The Hall–Kier alpha value is -2.73. The summed E-state index contributed by atoms with van der Waals surface area (Å²) in [6, 6.07) is 13.2. The van der Waals surface area contributed by atoms with Gasteiger partial charge in [0.1, 0.15) is 5.82 Å². The van der Waals surface area contributed by atoms with E-state index in [9.17, 15) is 14.0 Å². The van der Waals surface area contributed by atoms with Gasteiger partial charge < -0.3 is 10.2 Å². The van der Waals surface area contributed by atoms with Crippen LogP contribution in [0.2, 0.25) is 0 Å². The topological polar surface area (TPSA) is 49.4 Å². The van der Waals surface area contributed by atoms with E-state index >= 15 is 0 Å². The normalized spacial score (nSPS) is 14.0. The summed E-state index contributed by atoms with van der Waals surface area (Å²) in [5, 5.41) is 3.25. The molecule has 1 saturated heterocycles. The minimum Gasteiger partial charge on any atom is -0.339 e. The highest BCUT2D eigenvalue weighted by molar-refractivity contribution is 7.20. The van der Waals surface area contributed by atoms with Gasteiger partial charge in [0.15, 0.2) is 0 Å². The Balaban J connectivity index is 1.48. The molecule has 1 fully saturated rings. The van der Waals surface area contributed by atoms with Crippen LogP contribution in [0.1, 0.15) is 32.9 Å². The van der Waals surface area contributed by atoms with Gasteiger partial charge in [0.25, 0.3) is 11.8 Å². The first-order chi connectivity index (χ1) is 12.6. The molecule has 0 aliphatic carbocycles. The zero-order chi connectivity index (χ0) is 18.1. The van der Waals surface area contributed by atoms with Crippen molar-refractivity contribution in [2.45, 2.75) is 12.8 Å². The van der Waals surface area contributed by atoms with Crippen molar-refractivity contribution in [3.05, 3.63) is 64.8 Å². The molecule has 0 atom stereocenters. The molecule has 132 valence electrons. The Morgan fingerprint density at radius 1 is 1.04 bits per heavy atom. The second-order valence-corrected chi connectivity index (χ2v) is 7.38. The number of likely N-dealkylation sites (tertiary alicyclic amines) is 1. The Morgan fingerprint density at radius 2 is 1.77 bits per heavy atom. The number of anilines is 1. The van der Waals surface area contributed by atoms with Crippen LogP contribution in [0, 0.1) is 5.82 Å². The number of rotatable bonds is 3. The lowest BCUT2D eigenvalue weighted by atomic mass is 10.2. The molecule has 4 nitrogen and oxygen atoms in total. The Kier molecular flexibility index (Phi) is 4.42. The molecular weight excluding hydrogens is 351 g/mol. The van der Waals surface area contributed by atoms with Crippen LogP contribution in [0.25, 0.3) is 10.1 Å². The van der Waals surface area contributed by atoms with Crippen molar-refractivity contribution in [1.29, 1.82) is 0 Å². The maximum absolute atomic E-state index is 13.8. The number of nitrogens with zero attached hydrogens (tertiary/aromatic N) is 1. The van der Waals surface area contributed by atoms with Gasteiger partial charge in [0.2, 0.25) is 0 Å². The Morgan fingerprint density at radius 3 is 2.46 bits per heavy atom. The summed E-state index contributed by atoms with van der Waals surface area (Å²) in [6.45, 7) is 1.61. The van der Waals surface area contributed by atoms with E-state index in [0.29, 0.717) is 21.5 Å². The summed E-state index contributed by atoms with van der Waals surface area (Å²) in [5.74, 6) is -0.591. The zero-order valence-corrected chi connectivity index (χ0v) is 14.8. The molecule has 6 heteroatoms. The second kappa shape index (κ2) is 6.88. The molecule has 1 aromatic heterocycles. The number of carbonyl (C=O) groups is 2. The number of carbonyl (C=O) groups excluding carboxylic acids is 2. The van der Waals surface area contributed by atoms with Gasteiger partial charge in [0, 0.05) is 34.4 Å². The van der Waals surface area contributed by atoms with Crippen LogP contribution in [0.5, 0.6) is 0 Å². The van der Waals surface area contributed by atoms with Gasteiger partial charge in [-0.25, -0.2) is 4.39 Å². The number of hydrogen-bond donors (Lipinski definition) is 1. The number of amides is 2. The monoisotopic (exact) mass is 368 g/mol. The van der Waals surface area contributed by atoms with Crippen molar-refractivity contribution < 1.29 is 14.0 Å². The fourth-order valence-corrected chi connectivity index (χ4v) is 4.10. The molecule has 2 amide bonds. The lowest BCUT2D eigenvalue weighted by molar-refractivity contribution is 0.0792. The number of nitrogens with one attached hydrogen (secondary N) is 1. The number of benzene rings is 2. The van der Waals surface area contributed by atoms with Gasteiger partial charge in [-0.1, -0.05) is 6.07 Å². The van der Waals surface area contributed by atoms with E-state index in [2.05, 4.69) is 5.32 Å². The average molecular weight is 368 g/mol. The molecule has 0 saturated carbocycles. The van der Waals surface area contributed by atoms with Crippen molar-refractivity contribution in [2.75, 3.05) is 18.4 Å². The van der Waals surface area contributed by atoms with Crippen molar-refractivity contribution in [3.8, 4) is 0 Å². The van der Waals surface area contributed by atoms with E-state index in [-0.39, 0.29) is 17.6 Å². The summed E-state index contributed by atoms with van der Waals surface area (Å²) in [5.41, 5.74) is 1.22. The van der Waals surface area contributed by atoms with Crippen molar-refractivity contribution in [2.24, 2.45) is 0 Å². The second-order valence-electron chi connectivity index (χ2n) is 6.29. The van der Waals surface area contributed by atoms with Gasteiger partial charge in [0.05, 0.1) is 4.88 Å². The summed E-state index contributed by atoms with van der Waals surface area (Å²) in [4.78, 5) is 27.1. The minimum absolute atomic E-state index is 0.0281. The molecule has 2 aromatic carbocycles. The number of halogens is 1. The highest BCUT2D eigenvalue weighted by Gasteiger charge is 2.19. The molecule has 3 aromatic rings. The molecule has 2 heterocycles. The van der Waals surface area contributed by atoms with E-state index in [1.54, 1.807) is 42.5 Å². The van der Waals surface area contributed by atoms with E-state index in [1.807, 2.05) is 4.90 Å². The summed E-state index contributed by atoms with van der Waals surface area (Å²) >= 11 is 1.25. The van der Waals surface area contributed by atoms with Crippen LogP contribution in [-0.2, 0) is 0 Å². The van der Waals surface area contributed by atoms with E-state index in [1.165, 1.54) is 17.4 Å². The predicted molar refractivity (Wildman–Crippen MR) is 101 cm³/mol. The first kappa shape index (κ1) is 16.7. The Bertz CT molecular complexity index is 975. The van der Waals surface area contributed by atoms with Gasteiger partial charge in [-0.3, -0.25) is 9.59 Å². The molecule has 0 unspecified atom stereocenters. The van der Waals surface area contributed by atoms with Crippen LogP contribution in [0.3, 0.4) is 0 Å². The summed E-state index contributed by atoms with van der Waals surface area (Å²) in [7, 11) is 0. The van der Waals surface area contributed by atoms with Crippen LogP contribution < -0.4 is 5.32 Å². The van der Waals surface area contributed by atoms with Crippen LogP contribution in [0.4, 0.5) is 10.1 Å². The van der Waals surface area contributed by atoms with Gasteiger partial charge in [-0.05, 0) is 55.3 Å². The molecule has 1 aliphatic heterocycles. The average Bonchev–Trinajstić information content (AvgIpc) is 3.32. The number of fused-ring (bicyclic) bond motifs is 1. The third-order valence-corrected chi connectivity index (χ3v) is 5.61. The molecule has 0 radical (unpaired) electrons. The van der Waals surface area contributed by atoms with Crippen LogP contribution in [-0.4, -0.2) is 29.8 Å². The molecule has 0 bridgehead atoms. The molecule has 4 rings (SSSR count). The summed E-state index contributed by atoms with van der Waals surface area (Å²) < 4.78 is 14.5. The van der Waals surface area contributed by atoms with Crippen molar-refractivity contribution >= 4 is 38.9 Å². The number of thiophene rings is 1. The van der Waals surface area contributed by atoms with Crippen LogP contribution >= 0.6 is 11.3 Å². The Labute approximate surface area is 154 Å². The molecular formula is C20H17FN2O2S. The smallest absolute Gasteiger partial charge is 0.265 e. The molecule has 1 aliphatic rings. The fourth-order valence-electron chi connectivity index (χ4n) is 3.13. The quantitative estimate of drug-likeness (QED) is 0.738. The first-order valence-electron chi connectivity index (χ1n) is 8.50. The lowest BCUT2D eigenvalue weighted by Crippen LogP contribution is -2.27. The SMILES string of the molecule is O=C(Nc1ccc(C(=O)N2CCCC2)cc1)c1cc2c(F)cccc2s1. The highest BCUT2D eigenvalue weighted by atomic mass is 32.1. The third kappa shape index (κ3) is 3.20. The zero-order valence-electron chi connectivity index (χ0n) is 14.0. The third-order valence-electron chi connectivity index (χ3n) is 4.52. The van der Waals surface area contributed by atoms with E-state index in [0.717, 1.165) is 30.6 Å². The molecule has 0 spiro atoms. The highest BCUT2D eigenvalue weighted by Crippen LogP contribution is 2.28. The maximum Gasteiger partial charge on any atom is 0.265 e. The van der Waals surface area contributed by atoms with E-state index in [4.69, 9.17) is 0 Å². The minimum atomic E-state index is -0.331. The molecule has 1 N–H and O–H groups in total. The maximum atomic E-state index is 13.8. The van der Waals surface area contributed by atoms with Gasteiger partial charge >= 0.3 is 0 Å². The fraction of sp³-hybridized carbons (Fsp3) is 0.200. The van der Waals surface area contributed by atoms with Crippen LogP contribution in [0.15, 0.2) is 48.5 Å². The van der Waals surface area contributed by atoms with Crippen molar-refractivity contribution in [1.82, 2.24) is 4.90 Å². The largest absolute Gasteiger partial charge is 0.339 e. The first-order valence-corrected chi connectivity index (χ1v) is 9.32. The summed E-state index contributed by atoms with van der Waals surface area (Å²) in [6.07, 6.45) is 2.10. The number of hydrogen-bond acceptors (Lipinski definition) is 3. The van der Waals surface area contributed by atoms with Gasteiger partial charge in [-0.2, -0.15) is 0 Å². The van der Waals surface area contributed by atoms with E-state index < -0.39 is 0 Å². The van der Waals surface area contributed by atoms with Crippen molar-refractivity contribution in [3.63, 3.8) is 0 Å². The molecule has 26 heavy (non-hydrogen) atoms. The lowest BCUT2D eigenvalue weighted by Gasteiger charge is -2.15. The predicted octanol–water partition coefficient (Wildman–Crippen LogP) is 4.53. The van der Waals surface area contributed by atoms with Gasteiger partial charge in [-0.15, -0.1) is 11.3 Å². The standard InChI is InChI=1S/C20H17FN2O2S/c21-16-4-3-5-17-15(16)12-18(26-17)19(24)22-14-8-6-13(7-9-14)20(25)23-10-1-2-11-23/h3-9,12H,1-2,10-11H2,(H,22,24).